The van der Waals surface area contributed by atoms with Gasteiger partial charge >= 0.3 is 0 Å². The second-order valence-corrected chi connectivity index (χ2v) is 4.63. The van der Waals surface area contributed by atoms with Crippen molar-refractivity contribution in [2.24, 2.45) is 0 Å². The van der Waals surface area contributed by atoms with Crippen molar-refractivity contribution in [3.8, 4) is 0 Å². The Labute approximate surface area is 109 Å². The first kappa shape index (κ1) is 11.6. The van der Waals surface area contributed by atoms with Crippen molar-refractivity contribution in [2.75, 3.05) is 31.2 Å². The molecule has 94 valence electrons. The van der Waals surface area contributed by atoms with Crippen molar-refractivity contribution in [2.45, 2.75) is 0 Å². The Morgan fingerprint density at radius 3 is 2.72 bits per heavy atom. The molecule has 1 aromatic heterocycles. The monoisotopic (exact) mass is 265 g/mol. The highest BCUT2D eigenvalue weighted by Crippen LogP contribution is 2.22. The number of benzene rings is 1. The lowest BCUT2D eigenvalue weighted by molar-refractivity contribution is 0.121. The van der Waals surface area contributed by atoms with Gasteiger partial charge in [0.05, 0.1) is 18.6 Å². The minimum Gasteiger partial charge on any atom is -0.440 e. The molecular formula is C13H12ClNO3. The first-order valence-corrected chi connectivity index (χ1v) is 6.18. The van der Waals surface area contributed by atoms with E-state index in [-0.39, 0.29) is 5.43 Å². The smallest absolute Gasteiger partial charge is 0.200 e. The summed E-state index contributed by atoms with van der Waals surface area (Å²) in [7, 11) is 0. The Balaban J connectivity index is 2.10. The number of morpholine rings is 1. The molecule has 0 saturated carbocycles. The van der Waals surface area contributed by atoms with Crippen LogP contribution in [0, 0.1) is 0 Å². The van der Waals surface area contributed by atoms with Gasteiger partial charge in [-0.05, 0) is 12.1 Å². The second-order valence-electron chi connectivity index (χ2n) is 4.19. The summed E-state index contributed by atoms with van der Waals surface area (Å²) in [4.78, 5) is 14.0. The highest BCUT2D eigenvalue weighted by Gasteiger charge is 2.15. The van der Waals surface area contributed by atoms with Crippen LogP contribution in [0.5, 0.6) is 0 Å². The quantitative estimate of drug-likeness (QED) is 0.793. The molecule has 1 aliphatic heterocycles. The minimum atomic E-state index is -0.0468. The number of halogens is 1. The van der Waals surface area contributed by atoms with Crippen LogP contribution in [0.15, 0.2) is 33.5 Å². The third-order valence-electron chi connectivity index (χ3n) is 3.00. The molecule has 2 aromatic rings. The zero-order chi connectivity index (χ0) is 12.5. The molecule has 1 saturated heterocycles. The summed E-state index contributed by atoms with van der Waals surface area (Å²) < 4.78 is 11.0. The third kappa shape index (κ3) is 2.09. The van der Waals surface area contributed by atoms with E-state index in [1.54, 1.807) is 18.2 Å². The number of hydrogen-bond acceptors (Lipinski definition) is 4. The van der Waals surface area contributed by atoms with Gasteiger partial charge in [0.1, 0.15) is 5.58 Å². The van der Waals surface area contributed by atoms with Crippen molar-refractivity contribution in [1.29, 1.82) is 0 Å². The van der Waals surface area contributed by atoms with Crippen molar-refractivity contribution in [1.82, 2.24) is 0 Å². The largest absolute Gasteiger partial charge is 0.440 e. The lowest BCUT2D eigenvalue weighted by Crippen LogP contribution is -2.36. The molecular weight excluding hydrogens is 254 g/mol. The standard InChI is InChI=1S/C13H12ClNO3/c14-9-1-2-10-11(16)8-13(18-12(10)7-9)15-3-5-17-6-4-15/h1-2,7-8H,3-6H2. The first-order chi connectivity index (χ1) is 8.74. The molecule has 0 atom stereocenters. The number of rotatable bonds is 1. The van der Waals surface area contributed by atoms with Gasteiger partial charge in [-0.15, -0.1) is 0 Å². The topological polar surface area (TPSA) is 42.7 Å². The summed E-state index contributed by atoms with van der Waals surface area (Å²) in [6, 6.07) is 6.58. The third-order valence-corrected chi connectivity index (χ3v) is 3.24. The lowest BCUT2D eigenvalue weighted by Gasteiger charge is -2.27. The summed E-state index contributed by atoms with van der Waals surface area (Å²) >= 11 is 5.91. The van der Waals surface area contributed by atoms with Crippen LogP contribution in [-0.4, -0.2) is 26.3 Å². The van der Waals surface area contributed by atoms with E-state index in [9.17, 15) is 4.79 Å². The van der Waals surface area contributed by atoms with Gasteiger partial charge in [0.15, 0.2) is 11.3 Å². The fraction of sp³-hybridized carbons (Fsp3) is 0.308. The SMILES string of the molecule is O=c1cc(N2CCOCC2)oc2cc(Cl)ccc12. The van der Waals surface area contributed by atoms with Crippen molar-refractivity contribution in [3.63, 3.8) is 0 Å². The van der Waals surface area contributed by atoms with Crippen LogP contribution < -0.4 is 10.3 Å². The molecule has 0 unspecified atom stereocenters. The molecule has 0 radical (unpaired) electrons. The summed E-state index contributed by atoms with van der Waals surface area (Å²) in [6.45, 7) is 2.76. The van der Waals surface area contributed by atoms with E-state index in [4.69, 9.17) is 20.8 Å². The average molecular weight is 266 g/mol. The van der Waals surface area contributed by atoms with Crippen LogP contribution in [0.1, 0.15) is 0 Å². The van der Waals surface area contributed by atoms with Gasteiger partial charge in [-0.2, -0.15) is 0 Å². The Morgan fingerprint density at radius 1 is 1.17 bits per heavy atom. The Hall–Kier alpha value is -1.52. The van der Waals surface area contributed by atoms with Crippen molar-refractivity contribution < 1.29 is 9.15 Å². The summed E-state index contributed by atoms with van der Waals surface area (Å²) in [5.74, 6) is 0.582. The molecule has 0 aliphatic carbocycles. The zero-order valence-electron chi connectivity index (χ0n) is 9.69. The van der Waals surface area contributed by atoms with E-state index >= 15 is 0 Å². The van der Waals surface area contributed by atoms with E-state index in [2.05, 4.69) is 0 Å². The van der Waals surface area contributed by atoms with Crippen LogP contribution >= 0.6 is 11.6 Å². The first-order valence-electron chi connectivity index (χ1n) is 5.80. The number of hydrogen-bond donors (Lipinski definition) is 0. The highest BCUT2D eigenvalue weighted by atomic mass is 35.5. The van der Waals surface area contributed by atoms with Gasteiger partial charge in [0, 0.05) is 30.2 Å². The Bertz CT molecular complexity index is 632. The van der Waals surface area contributed by atoms with E-state index < -0.39 is 0 Å². The van der Waals surface area contributed by atoms with E-state index in [1.807, 2.05) is 4.90 Å². The highest BCUT2D eigenvalue weighted by molar-refractivity contribution is 6.31. The maximum absolute atomic E-state index is 12.0. The number of ether oxygens (including phenoxy) is 1. The van der Waals surface area contributed by atoms with Crippen LogP contribution in [0.25, 0.3) is 11.0 Å². The molecule has 5 heteroatoms. The molecule has 0 N–H and O–H groups in total. The van der Waals surface area contributed by atoms with Gasteiger partial charge in [-0.25, -0.2) is 0 Å². The molecule has 0 spiro atoms. The summed E-state index contributed by atoms with van der Waals surface area (Å²) in [6.07, 6.45) is 0. The average Bonchev–Trinajstić information content (AvgIpc) is 2.39. The number of fused-ring (bicyclic) bond motifs is 1. The summed E-state index contributed by atoms with van der Waals surface area (Å²) in [5.41, 5.74) is 0.478. The fourth-order valence-corrected chi connectivity index (χ4v) is 2.22. The molecule has 0 bridgehead atoms. The summed E-state index contributed by atoms with van der Waals surface area (Å²) in [5, 5.41) is 1.11. The maximum atomic E-state index is 12.0. The van der Waals surface area contributed by atoms with E-state index in [1.165, 1.54) is 6.07 Å². The molecule has 0 amide bonds. The molecule has 1 fully saturated rings. The minimum absolute atomic E-state index is 0.0468. The molecule has 4 nitrogen and oxygen atoms in total. The predicted octanol–water partition coefficient (Wildman–Crippen LogP) is 2.28. The van der Waals surface area contributed by atoms with Crippen molar-refractivity contribution in [3.05, 3.63) is 39.5 Å². The van der Waals surface area contributed by atoms with Crippen LogP contribution in [0.3, 0.4) is 0 Å². The molecule has 1 aliphatic rings. The molecule has 1 aromatic carbocycles. The molecule has 18 heavy (non-hydrogen) atoms. The lowest BCUT2D eigenvalue weighted by atomic mass is 10.2. The maximum Gasteiger partial charge on any atom is 0.200 e. The number of anilines is 1. The zero-order valence-corrected chi connectivity index (χ0v) is 10.4. The molecule has 2 heterocycles. The van der Waals surface area contributed by atoms with Crippen LogP contribution in [-0.2, 0) is 4.74 Å². The Kier molecular flexibility index (Phi) is 2.97. The Morgan fingerprint density at radius 2 is 1.94 bits per heavy atom. The van der Waals surface area contributed by atoms with Crippen LogP contribution in [0.2, 0.25) is 5.02 Å². The molecule has 3 rings (SSSR count). The second kappa shape index (κ2) is 4.63. The fourth-order valence-electron chi connectivity index (χ4n) is 2.06. The van der Waals surface area contributed by atoms with Gasteiger partial charge in [0.25, 0.3) is 0 Å². The van der Waals surface area contributed by atoms with Gasteiger partial charge in [-0.1, -0.05) is 11.6 Å². The normalized spacial score (nSPS) is 16.2. The number of nitrogens with zero attached hydrogens (tertiary/aromatic N) is 1. The van der Waals surface area contributed by atoms with E-state index in [0.29, 0.717) is 35.1 Å². The van der Waals surface area contributed by atoms with E-state index in [0.717, 1.165) is 13.1 Å². The van der Waals surface area contributed by atoms with Crippen molar-refractivity contribution >= 4 is 28.5 Å². The van der Waals surface area contributed by atoms with Gasteiger partial charge in [0.2, 0.25) is 0 Å². The predicted molar refractivity (Wildman–Crippen MR) is 70.5 cm³/mol. The van der Waals surface area contributed by atoms with Gasteiger partial charge < -0.3 is 14.1 Å². The van der Waals surface area contributed by atoms with Gasteiger partial charge in [-0.3, -0.25) is 4.79 Å². The van der Waals surface area contributed by atoms with Crippen LogP contribution in [0.4, 0.5) is 5.88 Å².